The molecule has 6 nitrogen and oxygen atoms in total. The third kappa shape index (κ3) is 2.73. The van der Waals surface area contributed by atoms with Crippen molar-refractivity contribution in [3.8, 4) is 0 Å². The smallest absolute Gasteiger partial charge is 0.274 e. The molecule has 1 fully saturated rings. The Morgan fingerprint density at radius 1 is 1.58 bits per heavy atom. The maximum absolute atomic E-state index is 12.6. The Hall–Kier alpha value is -1.56. The molecule has 6 heteroatoms. The summed E-state index contributed by atoms with van der Waals surface area (Å²) in [5, 5.41) is 4.31. The molecule has 0 spiro atoms. The van der Waals surface area contributed by atoms with E-state index in [-0.39, 0.29) is 5.91 Å². The molecule has 2 N–H and O–H groups in total. The second-order valence-corrected chi connectivity index (χ2v) is 4.91. The predicted molar refractivity (Wildman–Crippen MR) is 72.9 cm³/mol. The molecule has 106 valence electrons. The molecule has 1 aliphatic rings. The van der Waals surface area contributed by atoms with Gasteiger partial charge in [0.25, 0.3) is 5.91 Å². The first kappa shape index (κ1) is 13.9. The lowest BCUT2D eigenvalue weighted by atomic mass is 10.2. The van der Waals surface area contributed by atoms with Gasteiger partial charge >= 0.3 is 0 Å². The van der Waals surface area contributed by atoms with E-state index in [1.807, 2.05) is 11.8 Å². The summed E-state index contributed by atoms with van der Waals surface area (Å²) in [6.45, 7) is 3.13. The molecule has 1 heterocycles. The number of rotatable bonds is 6. The minimum absolute atomic E-state index is 0.0354. The van der Waals surface area contributed by atoms with E-state index in [2.05, 4.69) is 5.10 Å². The van der Waals surface area contributed by atoms with Gasteiger partial charge in [-0.1, -0.05) is 6.92 Å². The molecule has 0 bridgehead atoms. The van der Waals surface area contributed by atoms with Crippen LogP contribution >= 0.6 is 0 Å². The van der Waals surface area contributed by atoms with Gasteiger partial charge in [0, 0.05) is 26.7 Å². The topological polar surface area (TPSA) is 73.4 Å². The standard InChI is InChI=1S/C13H22N4O2/c1-4-10-11(14)12(16(2)15-10)13(18)17(7-8-19-3)9-5-6-9/h9H,4-8,14H2,1-3H3. The van der Waals surface area contributed by atoms with E-state index in [0.29, 0.717) is 30.6 Å². The quantitative estimate of drug-likeness (QED) is 0.827. The molecule has 1 aromatic rings. The van der Waals surface area contributed by atoms with Crippen molar-refractivity contribution < 1.29 is 9.53 Å². The Labute approximate surface area is 113 Å². The number of nitrogens with two attached hydrogens (primary N) is 1. The first-order valence-corrected chi connectivity index (χ1v) is 6.71. The maximum atomic E-state index is 12.6. The number of hydrogen-bond donors (Lipinski definition) is 1. The fraction of sp³-hybridized carbons (Fsp3) is 0.692. The van der Waals surface area contributed by atoms with Crippen LogP contribution in [0.25, 0.3) is 0 Å². The largest absolute Gasteiger partial charge is 0.395 e. The lowest BCUT2D eigenvalue weighted by molar-refractivity contribution is 0.0670. The number of nitrogen functional groups attached to an aromatic ring is 1. The van der Waals surface area contributed by atoms with E-state index in [0.717, 1.165) is 25.0 Å². The molecule has 0 aliphatic heterocycles. The number of aryl methyl sites for hydroxylation is 2. The second kappa shape index (κ2) is 5.61. The van der Waals surface area contributed by atoms with Crippen LogP contribution in [0.5, 0.6) is 0 Å². The molecule has 0 unspecified atom stereocenters. The fourth-order valence-corrected chi connectivity index (χ4v) is 2.27. The molecule has 1 aliphatic carbocycles. The highest BCUT2D eigenvalue weighted by molar-refractivity contribution is 5.98. The van der Waals surface area contributed by atoms with Crippen molar-refractivity contribution in [3.05, 3.63) is 11.4 Å². The van der Waals surface area contributed by atoms with Crippen LogP contribution < -0.4 is 5.73 Å². The van der Waals surface area contributed by atoms with E-state index in [9.17, 15) is 4.79 Å². The van der Waals surface area contributed by atoms with Gasteiger partial charge in [0.15, 0.2) is 0 Å². The predicted octanol–water partition coefficient (Wildman–Crippen LogP) is 0.816. The average molecular weight is 266 g/mol. The van der Waals surface area contributed by atoms with Gasteiger partial charge in [0.05, 0.1) is 18.0 Å². The number of methoxy groups -OCH3 is 1. The van der Waals surface area contributed by atoms with Crippen molar-refractivity contribution >= 4 is 11.6 Å². The highest BCUT2D eigenvalue weighted by atomic mass is 16.5. The zero-order valence-corrected chi connectivity index (χ0v) is 11.8. The number of carbonyl (C=O) groups excluding carboxylic acids is 1. The van der Waals surface area contributed by atoms with Crippen molar-refractivity contribution in [2.45, 2.75) is 32.2 Å². The van der Waals surface area contributed by atoms with Crippen molar-refractivity contribution in [2.24, 2.45) is 7.05 Å². The lowest BCUT2D eigenvalue weighted by Gasteiger charge is -2.22. The van der Waals surface area contributed by atoms with E-state index in [4.69, 9.17) is 10.5 Å². The molecule has 0 atom stereocenters. The van der Waals surface area contributed by atoms with Crippen LogP contribution in [0.15, 0.2) is 0 Å². The van der Waals surface area contributed by atoms with E-state index < -0.39 is 0 Å². The van der Waals surface area contributed by atoms with Crippen LogP contribution in [-0.4, -0.2) is 46.9 Å². The highest BCUT2D eigenvalue weighted by Crippen LogP contribution is 2.29. The van der Waals surface area contributed by atoms with Crippen LogP contribution in [0, 0.1) is 0 Å². The van der Waals surface area contributed by atoms with Crippen molar-refractivity contribution in [1.29, 1.82) is 0 Å². The van der Waals surface area contributed by atoms with Crippen LogP contribution in [0.3, 0.4) is 0 Å². The Morgan fingerprint density at radius 3 is 2.74 bits per heavy atom. The third-order valence-corrected chi connectivity index (χ3v) is 3.48. The summed E-state index contributed by atoms with van der Waals surface area (Å²) in [6.07, 6.45) is 2.86. The Kier molecular flexibility index (Phi) is 4.09. The van der Waals surface area contributed by atoms with Gasteiger partial charge in [-0.25, -0.2) is 0 Å². The van der Waals surface area contributed by atoms with Crippen molar-refractivity contribution in [2.75, 3.05) is 26.0 Å². The van der Waals surface area contributed by atoms with Gasteiger partial charge in [-0.3, -0.25) is 9.48 Å². The minimum atomic E-state index is -0.0354. The number of ether oxygens (including phenoxy) is 1. The molecular formula is C13H22N4O2. The first-order valence-electron chi connectivity index (χ1n) is 6.71. The molecule has 1 saturated carbocycles. The van der Waals surface area contributed by atoms with Crippen LogP contribution in [0.4, 0.5) is 5.69 Å². The Morgan fingerprint density at radius 2 is 2.26 bits per heavy atom. The van der Waals surface area contributed by atoms with Crippen LogP contribution in [0.1, 0.15) is 35.9 Å². The molecule has 0 saturated heterocycles. The number of carbonyl (C=O) groups is 1. The van der Waals surface area contributed by atoms with Crippen molar-refractivity contribution in [1.82, 2.24) is 14.7 Å². The summed E-state index contributed by atoms with van der Waals surface area (Å²) < 4.78 is 6.67. The van der Waals surface area contributed by atoms with Crippen LogP contribution in [-0.2, 0) is 18.2 Å². The van der Waals surface area contributed by atoms with E-state index in [1.54, 1.807) is 18.8 Å². The van der Waals surface area contributed by atoms with Gasteiger partial charge < -0.3 is 15.4 Å². The Balaban J connectivity index is 2.23. The fourth-order valence-electron chi connectivity index (χ4n) is 2.27. The minimum Gasteiger partial charge on any atom is -0.395 e. The normalized spacial score (nSPS) is 14.7. The number of aromatic nitrogens is 2. The van der Waals surface area contributed by atoms with Crippen molar-refractivity contribution in [3.63, 3.8) is 0 Å². The molecule has 1 aromatic heterocycles. The average Bonchev–Trinajstić information content (AvgIpc) is 3.16. The van der Waals surface area contributed by atoms with Gasteiger partial charge in [0.1, 0.15) is 5.69 Å². The zero-order chi connectivity index (χ0) is 14.0. The van der Waals surface area contributed by atoms with Gasteiger partial charge in [-0.15, -0.1) is 0 Å². The molecule has 0 radical (unpaired) electrons. The van der Waals surface area contributed by atoms with Crippen LogP contribution in [0.2, 0.25) is 0 Å². The van der Waals surface area contributed by atoms with E-state index in [1.165, 1.54) is 0 Å². The second-order valence-electron chi connectivity index (χ2n) is 4.91. The summed E-state index contributed by atoms with van der Waals surface area (Å²) in [5.41, 5.74) is 7.84. The maximum Gasteiger partial charge on any atom is 0.274 e. The monoisotopic (exact) mass is 266 g/mol. The summed E-state index contributed by atoms with van der Waals surface area (Å²) in [7, 11) is 3.41. The van der Waals surface area contributed by atoms with Gasteiger partial charge in [-0.05, 0) is 19.3 Å². The molecule has 2 rings (SSSR count). The summed E-state index contributed by atoms with van der Waals surface area (Å²) in [6, 6.07) is 0.335. The number of hydrogen-bond acceptors (Lipinski definition) is 4. The lowest BCUT2D eigenvalue weighted by Crippen LogP contribution is -2.37. The molecule has 0 aromatic carbocycles. The molecule has 19 heavy (non-hydrogen) atoms. The molecular weight excluding hydrogens is 244 g/mol. The van der Waals surface area contributed by atoms with Gasteiger partial charge in [0.2, 0.25) is 0 Å². The number of anilines is 1. The molecule has 1 amide bonds. The van der Waals surface area contributed by atoms with E-state index >= 15 is 0 Å². The number of amides is 1. The highest BCUT2D eigenvalue weighted by Gasteiger charge is 2.35. The summed E-state index contributed by atoms with van der Waals surface area (Å²) >= 11 is 0. The number of nitrogens with zero attached hydrogens (tertiary/aromatic N) is 3. The summed E-state index contributed by atoms with van der Waals surface area (Å²) in [4.78, 5) is 14.5. The Bertz CT molecular complexity index is 465. The van der Waals surface area contributed by atoms with Gasteiger partial charge in [-0.2, -0.15) is 5.10 Å². The first-order chi connectivity index (χ1) is 9.10. The third-order valence-electron chi connectivity index (χ3n) is 3.48. The SMILES string of the molecule is CCc1nn(C)c(C(=O)N(CCOC)C2CC2)c1N. The summed E-state index contributed by atoms with van der Waals surface area (Å²) in [5.74, 6) is -0.0354. The zero-order valence-electron chi connectivity index (χ0n) is 11.8.